The molecule has 1 amide bonds. The van der Waals surface area contributed by atoms with E-state index >= 15 is 0 Å². The minimum atomic E-state index is -3.95. The second kappa shape index (κ2) is 9.85. The Morgan fingerprint density at radius 3 is 2.21 bits per heavy atom. The first-order chi connectivity index (χ1) is 15.9. The predicted molar refractivity (Wildman–Crippen MR) is 130 cm³/mol. The van der Waals surface area contributed by atoms with Crippen LogP contribution in [0.1, 0.15) is 5.56 Å². The van der Waals surface area contributed by atoms with Gasteiger partial charge in [-0.3, -0.25) is 4.79 Å². The molecule has 0 aliphatic rings. The summed E-state index contributed by atoms with van der Waals surface area (Å²) in [4.78, 5) is 13.2. The molecular weight excluding hydrogens is 436 g/mol. The fourth-order valence-electron chi connectivity index (χ4n) is 3.53. The van der Waals surface area contributed by atoms with E-state index in [4.69, 9.17) is 4.74 Å². The van der Waals surface area contributed by atoms with Gasteiger partial charge in [0.2, 0.25) is 15.9 Å². The van der Waals surface area contributed by atoms with Gasteiger partial charge in [-0.2, -0.15) is 4.72 Å². The number of sulfonamides is 1. The molecular formula is C26H24N2O4S. The van der Waals surface area contributed by atoms with E-state index in [0.717, 1.165) is 16.3 Å². The fourth-order valence-corrected chi connectivity index (χ4v) is 4.76. The van der Waals surface area contributed by atoms with Crippen LogP contribution in [0.3, 0.4) is 0 Å². The van der Waals surface area contributed by atoms with Crippen molar-refractivity contribution in [2.24, 2.45) is 0 Å². The second-order valence-electron chi connectivity index (χ2n) is 7.59. The highest BCUT2D eigenvalue weighted by Gasteiger charge is 2.26. The summed E-state index contributed by atoms with van der Waals surface area (Å²) in [5, 5.41) is 4.54. The van der Waals surface area contributed by atoms with E-state index in [2.05, 4.69) is 10.0 Å². The van der Waals surface area contributed by atoms with Crippen molar-refractivity contribution in [1.29, 1.82) is 0 Å². The van der Waals surface area contributed by atoms with Crippen molar-refractivity contribution in [2.75, 3.05) is 12.4 Å². The minimum absolute atomic E-state index is 0.108. The van der Waals surface area contributed by atoms with Gasteiger partial charge >= 0.3 is 0 Å². The normalized spacial score (nSPS) is 12.3. The molecule has 4 rings (SSSR count). The smallest absolute Gasteiger partial charge is 0.242 e. The van der Waals surface area contributed by atoms with Crippen LogP contribution in [0.4, 0.5) is 5.69 Å². The lowest BCUT2D eigenvalue weighted by atomic mass is 10.1. The van der Waals surface area contributed by atoms with Crippen LogP contribution in [0.25, 0.3) is 10.8 Å². The van der Waals surface area contributed by atoms with Crippen LogP contribution >= 0.6 is 0 Å². The average molecular weight is 461 g/mol. The topological polar surface area (TPSA) is 84.5 Å². The Bertz CT molecular complexity index is 1350. The van der Waals surface area contributed by atoms with E-state index in [1.54, 1.807) is 49.6 Å². The zero-order valence-corrected chi connectivity index (χ0v) is 18.9. The van der Waals surface area contributed by atoms with Gasteiger partial charge < -0.3 is 10.1 Å². The largest absolute Gasteiger partial charge is 0.497 e. The number of methoxy groups -OCH3 is 1. The van der Waals surface area contributed by atoms with E-state index in [9.17, 15) is 13.2 Å². The molecule has 0 saturated carbocycles. The Kier molecular flexibility index (Phi) is 6.72. The fraction of sp³-hybridized carbons (Fsp3) is 0.115. The highest BCUT2D eigenvalue weighted by molar-refractivity contribution is 7.89. The molecule has 0 spiro atoms. The van der Waals surface area contributed by atoms with E-state index < -0.39 is 22.0 Å². The van der Waals surface area contributed by atoms with Crippen molar-refractivity contribution in [3.63, 3.8) is 0 Å². The van der Waals surface area contributed by atoms with E-state index in [0.29, 0.717) is 11.4 Å². The Morgan fingerprint density at radius 2 is 1.52 bits per heavy atom. The van der Waals surface area contributed by atoms with Gasteiger partial charge in [0, 0.05) is 5.69 Å². The Balaban J connectivity index is 1.60. The summed E-state index contributed by atoms with van der Waals surface area (Å²) in [5.74, 6) is 0.208. The highest BCUT2D eigenvalue weighted by atomic mass is 32.2. The zero-order chi connectivity index (χ0) is 23.3. The van der Waals surface area contributed by atoms with Crippen LogP contribution in [-0.4, -0.2) is 27.5 Å². The SMILES string of the molecule is COc1ccc(NC(=O)[C@H](Cc2ccccc2)NS(=O)(=O)c2ccc3ccccc3c2)cc1. The number of carbonyl (C=O) groups is 1. The molecule has 0 unspecified atom stereocenters. The van der Waals surface area contributed by atoms with Gasteiger partial charge in [-0.25, -0.2) is 8.42 Å². The number of amides is 1. The summed E-state index contributed by atoms with van der Waals surface area (Å²) in [7, 11) is -2.39. The number of benzene rings is 4. The first-order valence-corrected chi connectivity index (χ1v) is 11.9. The quantitative estimate of drug-likeness (QED) is 0.409. The van der Waals surface area contributed by atoms with Gasteiger partial charge in [0.15, 0.2) is 0 Å². The number of hydrogen-bond donors (Lipinski definition) is 2. The molecule has 4 aromatic carbocycles. The molecule has 0 aliphatic heterocycles. The van der Waals surface area contributed by atoms with Gasteiger partial charge in [0.25, 0.3) is 0 Å². The Morgan fingerprint density at radius 1 is 0.848 bits per heavy atom. The van der Waals surface area contributed by atoms with Gasteiger partial charge in [-0.15, -0.1) is 0 Å². The van der Waals surface area contributed by atoms with Crippen molar-refractivity contribution < 1.29 is 17.9 Å². The molecule has 4 aromatic rings. The van der Waals surface area contributed by atoms with Crippen molar-refractivity contribution in [3.05, 3.63) is 103 Å². The third-order valence-electron chi connectivity index (χ3n) is 5.29. The third kappa shape index (κ3) is 5.58. The number of hydrogen-bond acceptors (Lipinski definition) is 4. The average Bonchev–Trinajstić information content (AvgIpc) is 2.84. The Labute approximate surface area is 193 Å². The predicted octanol–water partition coefficient (Wildman–Crippen LogP) is 4.38. The van der Waals surface area contributed by atoms with Crippen LogP contribution in [0.5, 0.6) is 5.75 Å². The number of fused-ring (bicyclic) bond motifs is 1. The number of nitrogens with one attached hydrogen (secondary N) is 2. The molecule has 7 heteroatoms. The summed E-state index contributed by atoms with van der Waals surface area (Å²) in [6, 6.07) is 27.6. The molecule has 0 radical (unpaired) electrons. The van der Waals surface area contributed by atoms with Crippen LogP contribution in [-0.2, 0) is 21.2 Å². The summed E-state index contributed by atoms with van der Waals surface area (Å²) in [6.45, 7) is 0. The van der Waals surface area contributed by atoms with E-state index in [1.165, 1.54) is 0 Å². The van der Waals surface area contributed by atoms with E-state index in [1.807, 2.05) is 54.6 Å². The monoisotopic (exact) mass is 460 g/mol. The van der Waals surface area contributed by atoms with Crippen molar-refractivity contribution in [1.82, 2.24) is 4.72 Å². The zero-order valence-electron chi connectivity index (χ0n) is 18.1. The van der Waals surface area contributed by atoms with Crippen LogP contribution < -0.4 is 14.8 Å². The van der Waals surface area contributed by atoms with Crippen LogP contribution in [0.15, 0.2) is 102 Å². The molecule has 6 nitrogen and oxygen atoms in total. The molecule has 2 N–H and O–H groups in total. The van der Waals surface area contributed by atoms with Crippen LogP contribution in [0, 0.1) is 0 Å². The lowest BCUT2D eigenvalue weighted by Gasteiger charge is -2.19. The standard InChI is InChI=1S/C26H24N2O4S/c1-32-23-14-12-22(13-15-23)27-26(29)25(17-19-7-3-2-4-8-19)28-33(30,31)24-16-11-20-9-5-6-10-21(20)18-24/h2-16,18,25,28H,17H2,1H3,(H,27,29)/t25-/m0/s1. The van der Waals surface area contributed by atoms with Crippen molar-refractivity contribution >= 4 is 32.4 Å². The molecule has 0 heterocycles. The first kappa shape index (κ1) is 22.5. The number of rotatable bonds is 8. The molecule has 33 heavy (non-hydrogen) atoms. The van der Waals surface area contributed by atoms with Gasteiger partial charge in [-0.05, 0) is 59.2 Å². The summed E-state index contributed by atoms with van der Waals surface area (Å²) >= 11 is 0. The lowest BCUT2D eigenvalue weighted by molar-refractivity contribution is -0.117. The van der Waals surface area contributed by atoms with Gasteiger partial charge in [0.05, 0.1) is 12.0 Å². The van der Waals surface area contributed by atoms with E-state index in [-0.39, 0.29) is 11.3 Å². The maximum absolute atomic E-state index is 13.2. The third-order valence-corrected chi connectivity index (χ3v) is 6.75. The molecule has 0 aliphatic carbocycles. The summed E-state index contributed by atoms with van der Waals surface area (Å²) in [5.41, 5.74) is 1.39. The van der Waals surface area contributed by atoms with Crippen molar-refractivity contribution in [2.45, 2.75) is 17.4 Å². The van der Waals surface area contributed by atoms with Gasteiger partial charge in [-0.1, -0.05) is 60.7 Å². The number of anilines is 1. The molecule has 0 bridgehead atoms. The molecule has 1 atom stereocenters. The lowest BCUT2D eigenvalue weighted by Crippen LogP contribution is -2.45. The molecule has 0 saturated heterocycles. The first-order valence-electron chi connectivity index (χ1n) is 10.4. The highest BCUT2D eigenvalue weighted by Crippen LogP contribution is 2.20. The number of ether oxygens (including phenoxy) is 1. The molecule has 0 fully saturated rings. The maximum Gasteiger partial charge on any atom is 0.242 e. The maximum atomic E-state index is 13.2. The van der Waals surface area contributed by atoms with Crippen LogP contribution in [0.2, 0.25) is 0 Å². The second-order valence-corrected chi connectivity index (χ2v) is 9.30. The molecule has 0 aromatic heterocycles. The summed E-state index contributed by atoms with van der Waals surface area (Å²) < 4.78 is 34.2. The minimum Gasteiger partial charge on any atom is -0.497 e. The Hall–Kier alpha value is -3.68. The van der Waals surface area contributed by atoms with Crippen molar-refractivity contribution in [3.8, 4) is 5.75 Å². The summed E-state index contributed by atoms with van der Waals surface area (Å²) in [6.07, 6.45) is 0.204. The number of carbonyl (C=O) groups excluding carboxylic acids is 1. The van der Waals surface area contributed by atoms with Gasteiger partial charge in [0.1, 0.15) is 11.8 Å². The molecule has 168 valence electrons.